The molecule has 1 N–H and O–H groups in total. The van der Waals surface area contributed by atoms with E-state index in [1.54, 1.807) is 36.4 Å². The molecule has 0 heterocycles. The summed E-state index contributed by atoms with van der Waals surface area (Å²) in [6.45, 7) is 0. The van der Waals surface area contributed by atoms with E-state index < -0.39 is 0 Å². The second-order valence-corrected chi connectivity index (χ2v) is 6.65. The molecule has 0 aliphatic heterocycles. The van der Waals surface area contributed by atoms with Crippen LogP contribution in [0.5, 0.6) is 11.5 Å². The molecule has 0 saturated heterocycles. The van der Waals surface area contributed by atoms with Crippen molar-refractivity contribution in [3.05, 3.63) is 72.3 Å². The summed E-state index contributed by atoms with van der Waals surface area (Å²) >= 11 is -0.187. The van der Waals surface area contributed by atoms with Crippen molar-refractivity contribution < 1.29 is 14.6 Å². The molecule has 22 heavy (non-hydrogen) atoms. The fraction of sp³-hybridized carbons (Fsp3) is 0.0556. The van der Waals surface area contributed by atoms with Gasteiger partial charge in [0.05, 0.1) is 0 Å². The Bertz CT molecular complexity index is 691. The van der Waals surface area contributed by atoms with Gasteiger partial charge in [-0.05, 0) is 0 Å². The molecule has 3 nitrogen and oxygen atoms in total. The summed E-state index contributed by atoms with van der Waals surface area (Å²) in [6, 6.07) is 14.8. The van der Waals surface area contributed by atoms with Gasteiger partial charge in [0.1, 0.15) is 0 Å². The Kier molecular flexibility index (Phi) is 6.01. The van der Waals surface area contributed by atoms with Crippen LogP contribution in [0.3, 0.4) is 0 Å². The second-order valence-electron chi connectivity index (χ2n) is 4.38. The van der Waals surface area contributed by atoms with E-state index in [0.29, 0.717) is 5.75 Å². The average molecular weight is 359 g/mol. The molecule has 0 aromatic heterocycles. The minimum atomic E-state index is -0.187. The van der Waals surface area contributed by atoms with Crippen molar-refractivity contribution in [2.75, 3.05) is 7.11 Å². The first-order valence-electron chi connectivity index (χ1n) is 6.67. The number of allylic oxidation sites excluding steroid dienone is 3. The summed E-state index contributed by atoms with van der Waals surface area (Å²) in [7, 11) is 1.51. The first kappa shape index (κ1) is 16.1. The van der Waals surface area contributed by atoms with Crippen LogP contribution >= 0.6 is 0 Å². The summed E-state index contributed by atoms with van der Waals surface area (Å²) < 4.78 is 6.23. The van der Waals surface area contributed by atoms with Crippen molar-refractivity contribution in [3.8, 4) is 11.5 Å². The minimum absolute atomic E-state index is 0.107. The Morgan fingerprint density at radius 3 is 2.64 bits per heavy atom. The van der Waals surface area contributed by atoms with Gasteiger partial charge in [-0.2, -0.15) is 0 Å². The number of carbonyl (C=O) groups is 1. The van der Waals surface area contributed by atoms with E-state index in [4.69, 9.17) is 4.74 Å². The topological polar surface area (TPSA) is 46.5 Å². The molecule has 0 spiro atoms. The fourth-order valence-electron chi connectivity index (χ4n) is 1.74. The van der Waals surface area contributed by atoms with Crippen LogP contribution in [0.4, 0.5) is 0 Å². The number of methoxy groups -OCH3 is 1. The molecule has 112 valence electrons. The van der Waals surface area contributed by atoms with Crippen LogP contribution in [0.2, 0.25) is 0 Å². The molecule has 0 atom stereocenters. The van der Waals surface area contributed by atoms with Gasteiger partial charge >= 0.3 is 136 Å². The SMILES string of the molecule is COc1cc(/C=C/C=C/C(=O)[Se]c2ccccc2)ccc1O. The van der Waals surface area contributed by atoms with Crippen LogP contribution < -0.4 is 9.20 Å². The molecule has 2 aromatic carbocycles. The number of hydrogen-bond acceptors (Lipinski definition) is 3. The van der Waals surface area contributed by atoms with Crippen molar-refractivity contribution in [1.29, 1.82) is 0 Å². The zero-order chi connectivity index (χ0) is 15.8. The Hall–Kier alpha value is -2.29. The maximum atomic E-state index is 11.8. The van der Waals surface area contributed by atoms with Crippen LogP contribution in [0.1, 0.15) is 5.56 Å². The summed E-state index contributed by atoms with van der Waals surface area (Å²) in [5.74, 6) is 0.533. The Morgan fingerprint density at radius 2 is 1.91 bits per heavy atom. The van der Waals surface area contributed by atoms with Crippen LogP contribution in [0.15, 0.2) is 66.8 Å². The van der Waals surface area contributed by atoms with Gasteiger partial charge in [0.15, 0.2) is 0 Å². The van der Waals surface area contributed by atoms with Crippen LogP contribution in [0, 0.1) is 0 Å². The predicted octanol–water partition coefficient (Wildman–Crippen LogP) is 2.53. The standard InChI is InChI=1S/C18H16O3Se/c1-21-17-13-14(11-12-16(17)19)7-5-6-10-18(20)22-15-8-3-2-4-9-15/h2-13,19H,1H3/b7-5+,10-6+. The van der Waals surface area contributed by atoms with Gasteiger partial charge in [0.2, 0.25) is 0 Å². The first-order chi connectivity index (χ1) is 10.7. The molecule has 2 rings (SSSR count). The molecular formula is C18H16O3Se. The van der Waals surface area contributed by atoms with Gasteiger partial charge in [0.25, 0.3) is 0 Å². The van der Waals surface area contributed by atoms with Gasteiger partial charge in [-0.15, -0.1) is 0 Å². The van der Waals surface area contributed by atoms with Crippen LogP contribution in [-0.2, 0) is 4.79 Å². The van der Waals surface area contributed by atoms with E-state index in [-0.39, 0.29) is 25.4 Å². The number of carbonyl (C=O) groups excluding carboxylic acids is 1. The average Bonchev–Trinajstić information content (AvgIpc) is 2.54. The van der Waals surface area contributed by atoms with E-state index >= 15 is 0 Å². The quantitative estimate of drug-likeness (QED) is 0.490. The van der Waals surface area contributed by atoms with E-state index in [2.05, 4.69) is 0 Å². The number of rotatable bonds is 6. The summed E-state index contributed by atoms with van der Waals surface area (Å²) in [5, 5.41) is 9.51. The Labute approximate surface area is 136 Å². The van der Waals surface area contributed by atoms with Gasteiger partial charge in [0, 0.05) is 0 Å². The second kappa shape index (κ2) is 8.23. The van der Waals surface area contributed by atoms with Crippen molar-refractivity contribution in [2.24, 2.45) is 0 Å². The molecule has 0 saturated carbocycles. The van der Waals surface area contributed by atoms with Gasteiger partial charge in [-0.25, -0.2) is 0 Å². The van der Waals surface area contributed by atoms with Crippen molar-refractivity contribution >= 4 is 30.2 Å². The van der Waals surface area contributed by atoms with Gasteiger partial charge in [-0.1, -0.05) is 0 Å². The number of hydrogen-bond donors (Lipinski definition) is 1. The molecule has 0 unspecified atom stereocenters. The normalized spacial score (nSPS) is 11.1. The number of phenols is 1. The van der Waals surface area contributed by atoms with Crippen molar-refractivity contribution in [3.63, 3.8) is 0 Å². The van der Waals surface area contributed by atoms with Crippen LogP contribution in [0.25, 0.3) is 6.08 Å². The van der Waals surface area contributed by atoms with Crippen LogP contribution in [-0.4, -0.2) is 31.9 Å². The number of benzene rings is 2. The number of phenolic OH excluding ortho intramolecular Hbond substituents is 1. The van der Waals surface area contributed by atoms with E-state index in [1.165, 1.54) is 7.11 Å². The fourth-order valence-corrected chi connectivity index (χ4v) is 3.15. The summed E-state index contributed by atoms with van der Waals surface area (Å²) in [4.78, 5) is 11.8. The Balaban J connectivity index is 1.92. The van der Waals surface area contributed by atoms with Gasteiger partial charge in [-0.3, -0.25) is 0 Å². The molecule has 0 aliphatic rings. The molecule has 0 amide bonds. The molecule has 0 aliphatic carbocycles. The monoisotopic (exact) mass is 360 g/mol. The van der Waals surface area contributed by atoms with Gasteiger partial charge < -0.3 is 0 Å². The molecule has 2 aromatic rings. The zero-order valence-electron chi connectivity index (χ0n) is 12.1. The van der Waals surface area contributed by atoms with E-state index in [9.17, 15) is 9.90 Å². The predicted molar refractivity (Wildman–Crippen MR) is 89.7 cm³/mol. The molecule has 0 fully saturated rings. The molecule has 0 radical (unpaired) electrons. The third-order valence-corrected chi connectivity index (χ3v) is 4.57. The van der Waals surface area contributed by atoms with Crippen molar-refractivity contribution in [1.82, 2.24) is 0 Å². The summed E-state index contributed by atoms with van der Waals surface area (Å²) in [5.41, 5.74) is 0.889. The Morgan fingerprint density at radius 1 is 1.14 bits per heavy atom. The maximum absolute atomic E-state index is 11.8. The van der Waals surface area contributed by atoms with E-state index in [1.807, 2.05) is 36.4 Å². The number of ether oxygens (including phenoxy) is 1. The molecular weight excluding hydrogens is 343 g/mol. The third kappa shape index (κ3) is 4.92. The molecule has 4 heteroatoms. The first-order valence-corrected chi connectivity index (χ1v) is 8.39. The zero-order valence-corrected chi connectivity index (χ0v) is 13.8. The summed E-state index contributed by atoms with van der Waals surface area (Å²) in [6.07, 6.45) is 6.96. The number of aromatic hydroxyl groups is 1. The van der Waals surface area contributed by atoms with E-state index in [0.717, 1.165) is 10.0 Å². The van der Waals surface area contributed by atoms with Crippen molar-refractivity contribution in [2.45, 2.75) is 0 Å². The third-order valence-electron chi connectivity index (χ3n) is 2.80. The molecule has 0 bridgehead atoms.